The van der Waals surface area contributed by atoms with Crippen LogP contribution in [0.25, 0.3) is 0 Å². The lowest BCUT2D eigenvalue weighted by molar-refractivity contribution is -0.0858. The second kappa shape index (κ2) is 4.85. The number of nitrogens with zero attached hydrogens (tertiary/aromatic N) is 2. The molecule has 0 aliphatic carbocycles. The molecule has 1 saturated heterocycles. The molecule has 1 N–H and O–H groups in total. The molecule has 0 bridgehead atoms. The number of morpholine rings is 1. The largest absolute Gasteiger partial charge is 0.394 e. The Morgan fingerprint density at radius 1 is 1.65 bits per heavy atom. The van der Waals surface area contributed by atoms with Crippen LogP contribution in [0.1, 0.15) is 23.0 Å². The molecule has 2 rings (SSSR count). The summed E-state index contributed by atoms with van der Waals surface area (Å²) >= 11 is 0. The number of aliphatic hydroxyl groups is 1. The summed E-state index contributed by atoms with van der Waals surface area (Å²) in [5, 5.41) is 12.7. The first-order chi connectivity index (χ1) is 8.11. The lowest BCUT2D eigenvalue weighted by atomic mass is 10.1. The van der Waals surface area contributed by atoms with Crippen LogP contribution in [0.2, 0.25) is 0 Å². The summed E-state index contributed by atoms with van der Waals surface area (Å²) in [6.07, 6.45) is 1.03. The number of aryl methyl sites for hydroxylation is 1. The van der Waals surface area contributed by atoms with Gasteiger partial charge < -0.3 is 19.3 Å². The van der Waals surface area contributed by atoms with Crippen molar-refractivity contribution >= 4 is 5.91 Å². The summed E-state index contributed by atoms with van der Waals surface area (Å²) in [5.41, 5.74) is 0.468. The lowest BCUT2D eigenvalue weighted by Crippen LogP contribution is -2.50. The second-order valence-electron chi connectivity index (χ2n) is 4.26. The molecule has 1 aromatic heterocycles. The van der Waals surface area contributed by atoms with Gasteiger partial charge in [-0.25, -0.2) is 0 Å². The van der Waals surface area contributed by atoms with Crippen molar-refractivity contribution in [3.63, 3.8) is 0 Å². The molecule has 6 nitrogen and oxygen atoms in total. The van der Waals surface area contributed by atoms with Gasteiger partial charge in [-0.15, -0.1) is 0 Å². The molecule has 2 heterocycles. The summed E-state index contributed by atoms with van der Waals surface area (Å²) in [6.45, 7) is 4.40. The quantitative estimate of drug-likeness (QED) is 0.799. The predicted molar refractivity (Wildman–Crippen MR) is 58.6 cm³/mol. The topological polar surface area (TPSA) is 75.8 Å². The highest BCUT2D eigenvalue weighted by molar-refractivity contribution is 5.94. The van der Waals surface area contributed by atoms with Gasteiger partial charge in [-0.05, 0) is 13.8 Å². The zero-order chi connectivity index (χ0) is 12.4. The van der Waals surface area contributed by atoms with Gasteiger partial charge in [0.15, 0.2) is 0 Å². The Hall–Kier alpha value is -1.40. The average molecular weight is 240 g/mol. The van der Waals surface area contributed by atoms with E-state index in [0.717, 1.165) is 0 Å². The monoisotopic (exact) mass is 240 g/mol. The van der Waals surface area contributed by atoms with Crippen molar-refractivity contribution in [3.05, 3.63) is 17.5 Å². The van der Waals surface area contributed by atoms with Crippen LogP contribution in [0.5, 0.6) is 0 Å². The van der Waals surface area contributed by atoms with Gasteiger partial charge in [0, 0.05) is 13.1 Å². The highest BCUT2D eigenvalue weighted by Gasteiger charge is 2.30. The third-order valence-electron chi connectivity index (χ3n) is 2.80. The van der Waals surface area contributed by atoms with Gasteiger partial charge in [0.25, 0.3) is 5.91 Å². The van der Waals surface area contributed by atoms with Crippen LogP contribution < -0.4 is 0 Å². The second-order valence-corrected chi connectivity index (χ2v) is 4.26. The third kappa shape index (κ3) is 2.48. The minimum atomic E-state index is -0.317. The van der Waals surface area contributed by atoms with E-state index < -0.39 is 0 Å². The first-order valence-electron chi connectivity index (χ1n) is 5.58. The Labute approximate surface area is 99.1 Å². The molecule has 1 amide bonds. The molecule has 6 heteroatoms. The average Bonchev–Trinajstić information content (AvgIpc) is 2.73. The van der Waals surface area contributed by atoms with Crippen LogP contribution in [0.3, 0.4) is 0 Å². The zero-order valence-corrected chi connectivity index (χ0v) is 9.92. The van der Waals surface area contributed by atoms with Crippen molar-refractivity contribution in [1.82, 2.24) is 10.1 Å². The van der Waals surface area contributed by atoms with E-state index in [1.807, 2.05) is 6.92 Å². The van der Waals surface area contributed by atoms with E-state index >= 15 is 0 Å². The van der Waals surface area contributed by atoms with E-state index in [-0.39, 0.29) is 24.7 Å². The molecular formula is C11H16N2O4. The summed E-state index contributed by atoms with van der Waals surface area (Å²) in [4.78, 5) is 13.8. The fourth-order valence-corrected chi connectivity index (χ4v) is 1.99. The predicted octanol–water partition coefficient (Wildman–Crippen LogP) is 0.205. The number of hydrogen-bond donors (Lipinski definition) is 1. The van der Waals surface area contributed by atoms with Crippen molar-refractivity contribution in [2.75, 3.05) is 19.7 Å². The minimum absolute atomic E-state index is 0.0787. The molecular weight excluding hydrogens is 224 g/mol. The molecule has 1 aliphatic heterocycles. The molecule has 0 spiro atoms. The van der Waals surface area contributed by atoms with Gasteiger partial charge in [0.05, 0.1) is 25.0 Å². The Balaban J connectivity index is 2.11. The maximum Gasteiger partial charge on any atom is 0.259 e. The van der Waals surface area contributed by atoms with Gasteiger partial charge in [-0.1, -0.05) is 5.16 Å². The molecule has 1 aliphatic rings. The van der Waals surface area contributed by atoms with Crippen molar-refractivity contribution < 1.29 is 19.2 Å². The number of aliphatic hydroxyl groups excluding tert-OH is 1. The van der Waals surface area contributed by atoms with Crippen molar-refractivity contribution in [1.29, 1.82) is 0 Å². The van der Waals surface area contributed by atoms with Crippen molar-refractivity contribution in [2.24, 2.45) is 0 Å². The standard InChI is InChI=1S/C11H16N2O4/c1-7-4-13(5-9(6-14)16-7)11(15)10-3-12-17-8(10)2/h3,7,9,14H,4-6H2,1-2H3. The molecule has 17 heavy (non-hydrogen) atoms. The highest BCUT2D eigenvalue weighted by Crippen LogP contribution is 2.16. The minimum Gasteiger partial charge on any atom is -0.394 e. The SMILES string of the molecule is Cc1oncc1C(=O)N1CC(C)OC(CO)C1. The van der Waals surface area contributed by atoms with Crippen LogP contribution in [-0.4, -0.2) is 53.0 Å². The number of aromatic nitrogens is 1. The normalized spacial score (nSPS) is 25.0. The van der Waals surface area contributed by atoms with E-state index in [1.54, 1.807) is 11.8 Å². The molecule has 0 saturated carbocycles. The summed E-state index contributed by atoms with van der Waals surface area (Å²) in [5.74, 6) is 0.382. The maximum atomic E-state index is 12.2. The number of amides is 1. The zero-order valence-electron chi connectivity index (χ0n) is 9.92. The third-order valence-corrected chi connectivity index (χ3v) is 2.80. The Morgan fingerprint density at radius 2 is 2.41 bits per heavy atom. The van der Waals surface area contributed by atoms with Crippen LogP contribution in [0, 0.1) is 6.92 Å². The van der Waals surface area contributed by atoms with E-state index in [9.17, 15) is 4.79 Å². The maximum absolute atomic E-state index is 12.2. The number of hydrogen-bond acceptors (Lipinski definition) is 5. The van der Waals surface area contributed by atoms with Crippen LogP contribution >= 0.6 is 0 Å². The van der Waals surface area contributed by atoms with E-state index in [1.165, 1.54) is 6.20 Å². The number of carbonyl (C=O) groups is 1. The van der Waals surface area contributed by atoms with Gasteiger partial charge in [-0.3, -0.25) is 4.79 Å². The molecule has 0 aromatic carbocycles. The van der Waals surface area contributed by atoms with E-state index in [0.29, 0.717) is 24.4 Å². The molecule has 0 radical (unpaired) electrons. The fourth-order valence-electron chi connectivity index (χ4n) is 1.99. The first kappa shape index (κ1) is 12.1. The number of rotatable bonds is 2. The molecule has 1 fully saturated rings. The Bertz CT molecular complexity index is 404. The van der Waals surface area contributed by atoms with Gasteiger partial charge >= 0.3 is 0 Å². The molecule has 2 unspecified atom stereocenters. The summed E-state index contributed by atoms with van der Waals surface area (Å²) < 4.78 is 10.4. The molecule has 1 aromatic rings. The number of ether oxygens (including phenoxy) is 1. The van der Waals surface area contributed by atoms with Gasteiger partial charge in [0.2, 0.25) is 0 Å². The van der Waals surface area contributed by atoms with Crippen LogP contribution in [0.15, 0.2) is 10.7 Å². The van der Waals surface area contributed by atoms with E-state index in [4.69, 9.17) is 14.4 Å². The van der Waals surface area contributed by atoms with E-state index in [2.05, 4.69) is 5.16 Å². The molecule has 94 valence electrons. The Kier molecular flexibility index (Phi) is 3.44. The highest BCUT2D eigenvalue weighted by atomic mass is 16.5. The van der Waals surface area contributed by atoms with Crippen LogP contribution in [-0.2, 0) is 4.74 Å². The number of carbonyl (C=O) groups excluding carboxylic acids is 1. The molecule has 2 atom stereocenters. The first-order valence-corrected chi connectivity index (χ1v) is 5.58. The summed E-state index contributed by atoms with van der Waals surface area (Å²) in [6, 6.07) is 0. The van der Waals surface area contributed by atoms with Gasteiger partial charge in [0.1, 0.15) is 11.3 Å². The van der Waals surface area contributed by atoms with Crippen molar-refractivity contribution in [3.8, 4) is 0 Å². The van der Waals surface area contributed by atoms with Crippen LogP contribution in [0.4, 0.5) is 0 Å². The fraction of sp³-hybridized carbons (Fsp3) is 0.636. The lowest BCUT2D eigenvalue weighted by Gasteiger charge is -2.35. The Morgan fingerprint density at radius 3 is 3.00 bits per heavy atom. The van der Waals surface area contributed by atoms with Gasteiger partial charge in [-0.2, -0.15) is 0 Å². The van der Waals surface area contributed by atoms with Crippen molar-refractivity contribution in [2.45, 2.75) is 26.1 Å². The smallest absolute Gasteiger partial charge is 0.259 e. The summed E-state index contributed by atoms with van der Waals surface area (Å²) in [7, 11) is 0.